The van der Waals surface area contributed by atoms with Crippen LogP contribution in [0.25, 0.3) is 0 Å². The van der Waals surface area contributed by atoms with Crippen molar-refractivity contribution >= 4 is 11.7 Å². The van der Waals surface area contributed by atoms with Gasteiger partial charge in [0.1, 0.15) is 5.82 Å². The zero-order chi connectivity index (χ0) is 19.9. The van der Waals surface area contributed by atoms with Gasteiger partial charge in [0.15, 0.2) is 11.5 Å². The van der Waals surface area contributed by atoms with Crippen molar-refractivity contribution in [3.05, 3.63) is 47.2 Å². The molecule has 1 aliphatic rings. The molecule has 0 unspecified atom stereocenters. The third-order valence-electron chi connectivity index (χ3n) is 4.85. The topological polar surface area (TPSA) is 72.9 Å². The number of fused-ring (bicyclic) bond motifs is 1. The molecule has 2 aromatic rings. The number of amides is 1. The lowest BCUT2D eigenvalue weighted by Crippen LogP contribution is -2.36. The Morgan fingerprint density at radius 1 is 1.14 bits per heavy atom. The molecule has 1 N–H and O–H groups in total. The van der Waals surface area contributed by atoms with Gasteiger partial charge < -0.3 is 24.4 Å². The molecule has 0 spiro atoms. The Kier molecular flexibility index (Phi) is 6.71. The highest BCUT2D eigenvalue weighted by Crippen LogP contribution is 2.33. The molecular weight excluding hydrogens is 358 g/mol. The molecule has 0 saturated heterocycles. The fraction of sp³-hybridized carbons (Fsp3) is 0.429. The van der Waals surface area contributed by atoms with Crippen molar-refractivity contribution in [3.63, 3.8) is 0 Å². The van der Waals surface area contributed by atoms with E-state index in [1.807, 2.05) is 29.2 Å². The van der Waals surface area contributed by atoms with Gasteiger partial charge in [0.2, 0.25) is 0 Å². The van der Waals surface area contributed by atoms with Crippen LogP contribution >= 0.6 is 0 Å². The highest BCUT2D eigenvalue weighted by molar-refractivity contribution is 5.94. The molecule has 0 saturated carbocycles. The number of carbonyl (C=O) groups is 1. The quantitative estimate of drug-likeness (QED) is 0.705. The summed E-state index contributed by atoms with van der Waals surface area (Å²) in [6.45, 7) is 2.70. The number of benzene rings is 1. The molecule has 0 bridgehead atoms. The van der Waals surface area contributed by atoms with E-state index in [2.05, 4.69) is 10.3 Å². The van der Waals surface area contributed by atoms with Crippen LogP contribution in [0.1, 0.15) is 27.9 Å². The largest absolute Gasteiger partial charge is 0.493 e. The van der Waals surface area contributed by atoms with Crippen LogP contribution in [0.15, 0.2) is 30.5 Å². The Bertz CT molecular complexity index is 808. The van der Waals surface area contributed by atoms with Gasteiger partial charge in [0.05, 0.1) is 19.8 Å². The predicted octanol–water partition coefficient (Wildman–Crippen LogP) is 2.75. The Morgan fingerprint density at radius 2 is 1.89 bits per heavy atom. The van der Waals surface area contributed by atoms with E-state index in [0.29, 0.717) is 31.0 Å². The van der Waals surface area contributed by atoms with Crippen LogP contribution in [0.2, 0.25) is 0 Å². The SMILES string of the molecule is COCCCNc1ccc(C(=O)N2CCc3cc(OC)c(OC)cc3C2)cn1. The van der Waals surface area contributed by atoms with Crippen LogP contribution in [0.3, 0.4) is 0 Å². The third kappa shape index (κ3) is 4.54. The molecule has 0 radical (unpaired) electrons. The first kappa shape index (κ1) is 19.9. The summed E-state index contributed by atoms with van der Waals surface area (Å²) in [5.74, 6) is 2.15. The number of carbonyl (C=O) groups excluding carboxylic acids is 1. The van der Waals surface area contributed by atoms with Gasteiger partial charge >= 0.3 is 0 Å². The number of ether oxygens (including phenoxy) is 3. The smallest absolute Gasteiger partial charge is 0.255 e. The maximum absolute atomic E-state index is 12.9. The first-order valence-electron chi connectivity index (χ1n) is 9.38. The summed E-state index contributed by atoms with van der Waals surface area (Å²) >= 11 is 0. The fourth-order valence-electron chi connectivity index (χ4n) is 3.30. The number of hydrogen-bond donors (Lipinski definition) is 1. The Hall–Kier alpha value is -2.80. The molecule has 7 nitrogen and oxygen atoms in total. The van der Waals surface area contributed by atoms with Crippen molar-refractivity contribution < 1.29 is 19.0 Å². The van der Waals surface area contributed by atoms with Crippen LogP contribution in [-0.2, 0) is 17.7 Å². The summed E-state index contributed by atoms with van der Waals surface area (Å²) in [6, 6.07) is 7.62. The second-order valence-corrected chi connectivity index (χ2v) is 6.66. The van der Waals surface area contributed by atoms with E-state index in [1.165, 1.54) is 5.56 Å². The van der Waals surface area contributed by atoms with Gasteiger partial charge in [-0.25, -0.2) is 4.98 Å². The molecule has 0 fully saturated rings. The van der Waals surface area contributed by atoms with Crippen LogP contribution in [0.4, 0.5) is 5.82 Å². The maximum Gasteiger partial charge on any atom is 0.255 e. The number of anilines is 1. The van der Waals surface area contributed by atoms with Crippen molar-refractivity contribution in [2.24, 2.45) is 0 Å². The molecule has 150 valence electrons. The molecule has 3 rings (SSSR count). The Morgan fingerprint density at radius 3 is 2.54 bits per heavy atom. The average molecular weight is 385 g/mol. The molecule has 1 aromatic heterocycles. The van der Waals surface area contributed by atoms with Crippen molar-refractivity contribution in [2.45, 2.75) is 19.4 Å². The minimum Gasteiger partial charge on any atom is -0.493 e. The van der Waals surface area contributed by atoms with Gasteiger partial charge in [-0.15, -0.1) is 0 Å². The molecule has 7 heteroatoms. The molecule has 0 atom stereocenters. The van der Waals surface area contributed by atoms with Crippen LogP contribution in [0.5, 0.6) is 11.5 Å². The van der Waals surface area contributed by atoms with E-state index in [0.717, 1.165) is 36.5 Å². The van der Waals surface area contributed by atoms with Gasteiger partial charge in [0.25, 0.3) is 5.91 Å². The molecule has 1 aliphatic heterocycles. The standard InChI is InChI=1S/C21H27N3O4/c1-26-10-4-8-22-20-6-5-16(13-23-20)21(25)24-9-7-15-11-18(27-2)19(28-3)12-17(15)14-24/h5-6,11-13H,4,7-10,14H2,1-3H3,(H,22,23). The lowest BCUT2D eigenvalue weighted by atomic mass is 9.98. The fourth-order valence-corrected chi connectivity index (χ4v) is 3.30. The number of rotatable bonds is 8. The first-order chi connectivity index (χ1) is 13.7. The van der Waals surface area contributed by atoms with E-state index in [-0.39, 0.29) is 5.91 Å². The number of nitrogens with one attached hydrogen (secondary N) is 1. The maximum atomic E-state index is 12.9. The second kappa shape index (κ2) is 9.41. The lowest BCUT2D eigenvalue weighted by Gasteiger charge is -2.29. The molecule has 28 heavy (non-hydrogen) atoms. The van der Waals surface area contributed by atoms with Gasteiger partial charge in [-0.1, -0.05) is 0 Å². The molecular formula is C21H27N3O4. The summed E-state index contributed by atoms with van der Waals surface area (Å²) in [5.41, 5.74) is 2.86. The van der Waals surface area contributed by atoms with Crippen LogP contribution in [-0.4, -0.2) is 56.8 Å². The van der Waals surface area contributed by atoms with Crippen LogP contribution < -0.4 is 14.8 Å². The number of hydrogen-bond acceptors (Lipinski definition) is 6. The van der Waals surface area contributed by atoms with Gasteiger partial charge in [-0.2, -0.15) is 0 Å². The average Bonchev–Trinajstić information content (AvgIpc) is 2.75. The molecule has 0 aliphatic carbocycles. The van der Waals surface area contributed by atoms with Gasteiger partial charge in [-0.3, -0.25) is 4.79 Å². The van der Waals surface area contributed by atoms with Gasteiger partial charge in [0, 0.05) is 39.5 Å². The normalized spacial score (nSPS) is 13.0. The lowest BCUT2D eigenvalue weighted by molar-refractivity contribution is 0.0734. The Balaban J connectivity index is 1.65. The number of nitrogens with zero attached hydrogens (tertiary/aromatic N) is 2. The van der Waals surface area contributed by atoms with Gasteiger partial charge in [-0.05, 0) is 48.2 Å². The summed E-state index contributed by atoms with van der Waals surface area (Å²) in [6.07, 6.45) is 3.32. The van der Waals surface area contributed by atoms with E-state index < -0.39 is 0 Å². The highest BCUT2D eigenvalue weighted by atomic mass is 16.5. The summed E-state index contributed by atoms with van der Waals surface area (Å²) in [4.78, 5) is 19.1. The van der Waals surface area contributed by atoms with E-state index in [4.69, 9.17) is 14.2 Å². The van der Waals surface area contributed by atoms with Crippen LogP contribution in [0, 0.1) is 0 Å². The number of pyridine rings is 1. The minimum atomic E-state index is -0.0149. The first-order valence-corrected chi connectivity index (χ1v) is 9.38. The zero-order valence-electron chi connectivity index (χ0n) is 16.7. The van der Waals surface area contributed by atoms with Crippen molar-refractivity contribution in [1.29, 1.82) is 0 Å². The Labute approximate surface area is 165 Å². The van der Waals surface area contributed by atoms with Crippen molar-refractivity contribution in [3.8, 4) is 11.5 Å². The second-order valence-electron chi connectivity index (χ2n) is 6.66. The summed E-state index contributed by atoms with van der Waals surface area (Å²) in [7, 11) is 4.93. The highest BCUT2D eigenvalue weighted by Gasteiger charge is 2.24. The van der Waals surface area contributed by atoms with Crippen molar-refractivity contribution in [1.82, 2.24) is 9.88 Å². The predicted molar refractivity (Wildman–Crippen MR) is 107 cm³/mol. The van der Waals surface area contributed by atoms with E-state index >= 15 is 0 Å². The minimum absolute atomic E-state index is 0.0149. The number of methoxy groups -OCH3 is 3. The molecule has 2 heterocycles. The molecule has 1 amide bonds. The van der Waals surface area contributed by atoms with E-state index in [9.17, 15) is 4.79 Å². The third-order valence-corrected chi connectivity index (χ3v) is 4.85. The molecule has 1 aromatic carbocycles. The zero-order valence-corrected chi connectivity index (χ0v) is 16.7. The number of aromatic nitrogens is 1. The summed E-state index contributed by atoms with van der Waals surface area (Å²) in [5, 5.41) is 3.22. The summed E-state index contributed by atoms with van der Waals surface area (Å²) < 4.78 is 15.8. The monoisotopic (exact) mass is 385 g/mol. The van der Waals surface area contributed by atoms with Crippen molar-refractivity contribution in [2.75, 3.05) is 46.3 Å². The van der Waals surface area contributed by atoms with E-state index in [1.54, 1.807) is 27.5 Å².